The van der Waals surface area contributed by atoms with Crippen LogP contribution >= 0.6 is 11.6 Å². The van der Waals surface area contributed by atoms with Gasteiger partial charge in [0.2, 0.25) is 0 Å². The minimum Gasteiger partial charge on any atom is -0.482 e. The molecule has 194 valence electrons. The summed E-state index contributed by atoms with van der Waals surface area (Å²) in [5, 5.41) is 4.18. The molecule has 0 bridgehead atoms. The number of anilines is 1. The monoisotopic (exact) mass is 513 g/mol. The number of aromatic nitrogens is 1. The predicted molar refractivity (Wildman–Crippen MR) is 143 cm³/mol. The van der Waals surface area contributed by atoms with E-state index in [0.717, 1.165) is 31.2 Å². The molecule has 3 atom stereocenters. The van der Waals surface area contributed by atoms with Crippen LogP contribution in [0.5, 0.6) is 5.75 Å². The lowest BCUT2D eigenvalue weighted by molar-refractivity contribution is 0.0972. The average Bonchev–Trinajstić information content (AvgIpc) is 3.43. The molecule has 1 aromatic carbocycles. The summed E-state index contributed by atoms with van der Waals surface area (Å²) in [5.74, 6) is 0.660. The van der Waals surface area contributed by atoms with Gasteiger partial charge in [0.05, 0.1) is 6.17 Å². The van der Waals surface area contributed by atoms with E-state index in [0.29, 0.717) is 27.7 Å². The number of ether oxygens (including phenoxy) is 1. The summed E-state index contributed by atoms with van der Waals surface area (Å²) >= 11 is 6.36. The van der Waals surface area contributed by atoms with Crippen molar-refractivity contribution in [2.75, 3.05) is 38.5 Å². The van der Waals surface area contributed by atoms with Gasteiger partial charge in [-0.25, -0.2) is 9.37 Å². The van der Waals surface area contributed by atoms with E-state index in [9.17, 15) is 4.39 Å². The van der Waals surface area contributed by atoms with Gasteiger partial charge in [-0.15, -0.1) is 0 Å². The molecule has 5 rings (SSSR count). The highest BCUT2D eigenvalue weighted by atomic mass is 35.5. The number of piperidine rings is 1. The number of nitrogens with two attached hydrogens (primary N) is 1. The smallest absolute Gasteiger partial charge is 0.166 e. The SMILES string of the molecule is Cc1c(F)ccc(Cl)c1C(C)Oc1cc(C2C=CC(N3CCC(N4CCCC4)CC3)NC2)cnc1N. The molecule has 4 heterocycles. The van der Waals surface area contributed by atoms with E-state index in [-0.39, 0.29) is 17.9 Å². The Labute approximate surface area is 218 Å². The Hall–Kier alpha value is -2.19. The van der Waals surface area contributed by atoms with Gasteiger partial charge in [-0.05, 0) is 81.9 Å². The second-order valence-electron chi connectivity index (χ2n) is 10.3. The Morgan fingerprint density at radius 1 is 1.14 bits per heavy atom. The van der Waals surface area contributed by atoms with Crippen LogP contribution in [0.4, 0.5) is 10.2 Å². The molecular weight excluding hydrogens is 477 g/mol. The molecule has 8 heteroatoms. The molecule has 3 N–H and O–H groups in total. The molecule has 0 amide bonds. The van der Waals surface area contributed by atoms with Crippen molar-refractivity contribution in [1.82, 2.24) is 20.1 Å². The summed E-state index contributed by atoms with van der Waals surface area (Å²) in [4.78, 5) is 9.63. The van der Waals surface area contributed by atoms with Crippen LogP contribution in [0, 0.1) is 12.7 Å². The van der Waals surface area contributed by atoms with E-state index in [1.165, 1.54) is 44.8 Å². The number of hydrogen-bond donors (Lipinski definition) is 2. The average molecular weight is 514 g/mol. The second-order valence-corrected chi connectivity index (χ2v) is 10.7. The number of nitrogens with zero attached hydrogens (tertiary/aromatic N) is 3. The van der Waals surface area contributed by atoms with Gasteiger partial charge in [0.25, 0.3) is 0 Å². The number of nitrogens with one attached hydrogen (secondary N) is 1. The van der Waals surface area contributed by atoms with Crippen molar-refractivity contribution in [2.24, 2.45) is 0 Å². The van der Waals surface area contributed by atoms with Crippen LogP contribution in [-0.4, -0.2) is 59.7 Å². The van der Waals surface area contributed by atoms with Crippen LogP contribution in [0.3, 0.4) is 0 Å². The first-order valence-corrected chi connectivity index (χ1v) is 13.5. The van der Waals surface area contributed by atoms with Gasteiger partial charge in [0.1, 0.15) is 11.9 Å². The minimum atomic E-state index is -0.472. The van der Waals surface area contributed by atoms with Crippen LogP contribution in [0.25, 0.3) is 0 Å². The third-order valence-electron chi connectivity index (χ3n) is 8.06. The lowest BCUT2D eigenvalue weighted by atomic mass is 9.96. The summed E-state index contributed by atoms with van der Waals surface area (Å²) < 4.78 is 20.3. The normalized spacial score (nSPS) is 24.8. The Kier molecular flexibility index (Phi) is 7.82. The molecule has 3 unspecified atom stereocenters. The van der Waals surface area contributed by atoms with Crippen molar-refractivity contribution in [3.8, 4) is 5.75 Å². The van der Waals surface area contributed by atoms with Crippen molar-refractivity contribution in [2.45, 2.75) is 63.8 Å². The van der Waals surface area contributed by atoms with E-state index in [4.69, 9.17) is 22.1 Å². The van der Waals surface area contributed by atoms with Gasteiger partial charge >= 0.3 is 0 Å². The first kappa shape index (κ1) is 25.5. The van der Waals surface area contributed by atoms with E-state index >= 15 is 0 Å². The first-order chi connectivity index (χ1) is 17.4. The van der Waals surface area contributed by atoms with Crippen molar-refractivity contribution in [1.29, 1.82) is 0 Å². The van der Waals surface area contributed by atoms with Gasteiger partial charge in [0, 0.05) is 48.4 Å². The molecule has 36 heavy (non-hydrogen) atoms. The Morgan fingerprint density at radius 3 is 2.58 bits per heavy atom. The quantitative estimate of drug-likeness (QED) is 0.528. The first-order valence-electron chi connectivity index (χ1n) is 13.2. The number of hydrogen-bond acceptors (Lipinski definition) is 6. The van der Waals surface area contributed by atoms with E-state index in [1.54, 1.807) is 13.0 Å². The molecular formula is C28H37ClFN5O. The van der Waals surface area contributed by atoms with Crippen molar-refractivity contribution >= 4 is 17.4 Å². The molecule has 2 aromatic rings. The fourth-order valence-electron chi connectivity index (χ4n) is 5.92. The summed E-state index contributed by atoms with van der Waals surface area (Å²) in [6, 6.07) is 5.63. The van der Waals surface area contributed by atoms with E-state index in [1.807, 2.05) is 19.2 Å². The summed E-state index contributed by atoms with van der Waals surface area (Å²) in [5.41, 5.74) is 8.27. The zero-order valence-corrected chi connectivity index (χ0v) is 22.0. The highest BCUT2D eigenvalue weighted by Gasteiger charge is 2.30. The summed E-state index contributed by atoms with van der Waals surface area (Å²) in [6.07, 6.45) is 11.4. The van der Waals surface area contributed by atoms with Gasteiger partial charge < -0.3 is 15.4 Å². The molecule has 3 aliphatic rings. The fourth-order valence-corrected chi connectivity index (χ4v) is 6.28. The maximum atomic E-state index is 14.1. The van der Waals surface area contributed by atoms with Crippen molar-refractivity contribution in [3.05, 3.63) is 64.1 Å². The molecule has 6 nitrogen and oxygen atoms in total. The zero-order chi connectivity index (χ0) is 25.2. The van der Waals surface area contributed by atoms with Crippen molar-refractivity contribution in [3.63, 3.8) is 0 Å². The third kappa shape index (κ3) is 5.40. The number of rotatable bonds is 6. The van der Waals surface area contributed by atoms with Gasteiger partial charge in [-0.3, -0.25) is 10.2 Å². The predicted octanol–water partition coefficient (Wildman–Crippen LogP) is 5.03. The van der Waals surface area contributed by atoms with Crippen LogP contribution in [-0.2, 0) is 0 Å². The Balaban J connectivity index is 1.22. The summed E-state index contributed by atoms with van der Waals surface area (Å²) in [6.45, 7) is 9.20. The number of benzene rings is 1. The van der Waals surface area contributed by atoms with E-state index < -0.39 is 6.10 Å². The lowest BCUT2D eigenvalue weighted by Gasteiger charge is -2.41. The largest absolute Gasteiger partial charge is 0.482 e. The van der Waals surface area contributed by atoms with Crippen molar-refractivity contribution < 1.29 is 9.13 Å². The molecule has 2 fully saturated rings. The highest BCUT2D eigenvalue weighted by molar-refractivity contribution is 6.31. The lowest BCUT2D eigenvalue weighted by Crippen LogP contribution is -2.53. The van der Waals surface area contributed by atoms with Gasteiger partial charge in [-0.1, -0.05) is 23.8 Å². The Morgan fingerprint density at radius 2 is 1.89 bits per heavy atom. The molecule has 0 aliphatic carbocycles. The maximum Gasteiger partial charge on any atom is 0.166 e. The second kappa shape index (κ2) is 11.1. The minimum absolute atomic E-state index is 0.175. The van der Waals surface area contributed by atoms with E-state index in [2.05, 4.69) is 32.3 Å². The molecule has 1 aromatic heterocycles. The number of halogens is 2. The molecule has 0 saturated carbocycles. The van der Waals surface area contributed by atoms with Gasteiger partial charge in [-0.2, -0.15) is 0 Å². The van der Waals surface area contributed by atoms with Crippen LogP contribution < -0.4 is 15.8 Å². The fraction of sp³-hybridized carbons (Fsp3) is 0.536. The topological polar surface area (TPSA) is 66.7 Å². The van der Waals surface area contributed by atoms with Crippen LogP contribution in [0.15, 0.2) is 36.5 Å². The molecule has 2 saturated heterocycles. The molecule has 3 aliphatic heterocycles. The molecule has 0 radical (unpaired) electrons. The third-order valence-corrected chi connectivity index (χ3v) is 8.39. The zero-order valence-electron chi connectivity index (χ0n) is 21.2. The van der Waals surface area contributed by atoms with Gasteiger partial charge in [0.15, 0.2) is 11.6 Å². The van der Waals surface area contributed by atoms with Crippen LogP contribution in [0.2, 0.25) is 5.02 Å². The number of nitrogen functional groups attached to an aromatic ring is 1. The molecule has 0 spiro atoms. The maximum absolute atomic E-state index is 14.1. The highest BCUT2D eigenvalue weighted by Crippen LogP contribution is 2.34. The Bertz CT molecular complexity index is 1100. The van der Waals surface area contributed by atoms with Crippen LogP contribution in [0.1, 0.15) is 61.3 Å². The number of pyridine rings is 1. The number of likely N-dealkylation sites (tertiary alicyclic amines) is 2. The standard InChI is InChI=1S/C28H37ClFN5O/c1-18-24(30)7-6-23(29)27(18)19(2)36-25-15-21(17-33-28(25)31)20-5-8-26(32-16-20)35-13-9-22(10-14-35)34-11-3-4-12-34/h5-8,15,17,19-20,22,26,32H,3-4,9-14,16H2,1-2H3,(H2,31,33). The summed E-state index contributed by atoms with van der Waals surface area (Å²) in [7, 11) is 0.